The quantitative estimate of drug-likeness (QED) is 0.934. The Labute approximate surface area is 142 Å². The van der Waals surface area contributed by atoms with E-state index < -0.39 is 0 Å². The molecular weight excluding hydrogens is 302 g/mol. The molecule has 2 aromatic heterocycles. The summed E-state index contributed by atoms with van der Waals surface area (Å²) in [7, 11) is 1.86. The zero-order valence-electron chi connectivity index (χ0n) is 14.2. The van der Waals surface area contributed by atoms with Gasteiger partial charge in [-0.05, 0) is 43.7 Å². The average molecular weight is 325 g/mol. The first-order chi connectivity index (χ1) is 11.7. The molecule has 1 amide bonds. The van der Waals surface area contributed by atoms with Crippen LogP contribution in [0.2, 0.25) is 0 Å². The molecule has 6 nitrogen and oxygen atoms in total. The predicted octanol–water partition coefficient (Wildman–Crippen LogP) is 2.32. The summed E-state index contributed by atoms with van der Waals surface area (Å²) in [6.07, 6.45) is 9.79. The van der Waals surface area contributed by atoms with Crippen molar-refractivity contribution in [2.24, 2.45) is 5.92 Å². The molecule has 3 rings (SSSR count). The number of piperidine rings is 1. The Hall–Kier alpha value is -2.50. The Balaban J connectivity index is 1.69. The number of hydrogen-bond donors (Lipinski definition) is 1. The van der Waals surface area contributed by atoms with E-state index in [0.717, 1.165) is 49.4 Å². The van der Waals surface area contributed by atoms with Gasteiger partial charge in [-0.3, -0.25) is 14.8 Å². The van der Waals surface area contributed by atoms with E-state index >= 15 is 0 Å². The minimum Gasteiger partial charge on any atom is -0.372 e. The van der Waals surface area contributed by atoms with Crippen LogP contribution in [-0.2, 0) is 6.42 Å². The lowest BCUT2D eigenvalue weighted by molar-refractivity contribution is 0.0672. The Kier molecular flexibility index (Phi) is 5.03. The van der Waals surface area contributed by atoms with Crippen LogP contribution in [0.15, 0.2) is 30.9 Å². The number of anilines is 1. The van der Waals surface area contributed by atoms with E-state index in [2.05, 4.69) is 20.3 Å². The third-order valence-electron chi connectivity index (χ3n) is 4.42. The van der Waals surface area contributed by atoms with Gasteiger partial charge < -0.3 is 10.2 Å². The second kappa shape index (κ2) is 7.38. The summed E-state index contributed by atoms with van der Waals surface area (Å²) >= 11 is 0. The second-order valence-electron chi connectivity index (χ2n) is 6.32. The molecule has 3 heterocycles. The van der Waals surface area contributed by atoms with Gasteiger partial charge in [0.05, 0.1) is 11.3 Å². The normalized spacial score (nSPS) is 17.6. The second-order valence-corrected chi connectivity index (χ2v) is 6.32. The smallest absolute Gasteiger partial charge is 0.255 e. The van der Waals surface area contributed by atoms with Crippen molar-refractivity contribution in [3.8, 4) is 0 Å². The number of rotatable bonds is 4. The molecule has 2 aromatic rings. The van der Waals surface area contributed by atoms with Crippen LogP contribution in [-0.4, -0.2) is 45.9 Å². The van der Waals surface area contributed by atoms with Gasteiger partial charge in [0.15, 0.2) is 0 Å². The summed E-state index contributed by atoms with van der Waals surface area (Å²) in [5.74, 6) is 1.30. The lowest BCUT2D eigenvalue weighted by atomic mass is 9.92. The minimum absolute atomic E-state index is 0.0730. The van der Waals surface area contributed by atoms with Gasteiger partial charge in [-0.2, -0.15) is 0 Å². The lowest BCUT2D eigenvalue weighted by Crippen LogP contribution is -2.40. The molecular formula is C18H23N5O. The number of nitrogens with one attached hydrogen (secondary N) is 1. The predicted molar refractivity (Wildman–Crippen MR) is 92.9 cm³/mol. The first-order valence-electron chi connectivity index (χ1n) is 8.36. The topological polar surface area (TPSA) is 71.0 Å². The number of nitrogens with zero attached hydrogens (tertiary/aromatic N) is 4. The molecule has 0 spiro atoms. The Morgan fingerprint density at radius 1 is 1.33 bits per heavy atom. The molecule has 0 radical (unpaired) electrons. The summed E-state index contributed by atoms with van der Waals surface area (Å²) < 4.78 is 0. The maximum absolute atomic E-state index is 12.7. The molecule has 1 fully saturated rings. The van der Waals surface area contributed by atoms with Crippen molar-refractivity contribution in [2.75, 3.05) is 25.5 Å². The van der Waals surface area contributed by atoms with Crippen LogP contribution in [0.1, 0.15) is 34.5 Å². The zero-order chi connectivity index (χ0) is 16.9. The highest BCUT2D eigenvalue weighted by molar-refractivity contribution is 5.94. The molecule has 1 aliphatic heterocycles. The van der Waals surface area contributed by atoms with Crippen LogP contribution >= 0.6 is 0 Å². The van der Waals surface area contributed by atoms with E-state index in [1.807, 2.05) is 24.9 Å². The van der Waals surface area contributed by atoms with Gasteiger partial charge in [0.2, 0.25) is 0 Å². The number of aryl methyl sites for hydroxylation is 1. The monoisotopic (exact) mass is 325 g/mol. The first kappa shape index (κ1) is 16.4. The standard InChI is InChI=1S/C18H23N5O/c1-13-8-15(11-20-10-13)18(24)23-7-3-4-14(12-23)9-16-17(19-2)22-6-5-21-16/h5-6,8,10-11,14H,3-4,7,9,12H2,1-2H3,(H,19,22)/t14-/m0/s1. The van der Waals surface area contributed by atoms with Gasteiger partial charge in [0.25, 0.3) is 5.91 Å². The third kappa shape index (κ3) is 3.69. The van der Waals surface area contributed by atoms with Crippen LogP contribution < -0.4 is 5.32 Å². The van der Waals surface area contributed by atoms with Gasteiger partial charge >= 0.3 is 0 Å². The van der Waals surface area contributed by atoms with Crippen LogP contribution in [0.5, 0.6) is 0 Å². The van der Waals surface area contributed by atoms with Gasteiger partial charge in [-0.15, -0.1) is 0 Å². The molecule has 1 N–H and O–H groups in total. The van der Waals surface area contributed by atoms with Crippen molar-refractivity contribution >= 4 is 11.7 Å². The fraction of sp³-hybridized carbons (Fsp3) is 0.444. The first-order valence-corrected chi connectivity index (χ1v) is 8.36. The van der Waals surface area contributed by atoms with E-state index in [4.69, 9.17) is 0 Å². The van der Waals surface area contributed by atoms with Gasteiger partial charge in [0.1, 0.15) is 5.82 Å². The molecule has 24 heavy (non-hydrogen) atoms. The molecule has 1 atom stereocenters. The highest BCUT2D eigenvalue weighted by atomic mass is 16.2. The molecule has 0 aromatic carbocycles. The summed E-state index contributed by atoms with van der Waals surface area (Å²) in [6.45, 7) is 3.52. The molecule has 0 unspecified atom stereocenters. The highest BCUT2D eigenvalue weighted by Gasteiger charge is 2.25. The van der Waals surface area contributed by atoms with Crippen LogP contribution in [0.25, 0.3) is 0 Å². The fourth-order valence-corrected chi connectivity index (χ4v) is 3.27. The molecule has 1 aliphatic rings. The maximum atomic E-state index is 12.7. The van der Waals surface area contributed by atoms with Gasteiger partial charge in [-0.25, -0.2) is 4.98 Å². The van der Waals surface area contributed by atoms with Crippen molar-refractivity contribution in [3.05, 3.63) is 47.7 Å². The summed E-state index contributed by atoms with van der Waals surface area (Å²) in [5, 5.41) is 3.09. The maximum Gasteiger partial charge on any atom is 0.255 e. The minimum atomic E-state index is 0.0730. The Bertz CT molecular complexity index is 718. The number of aromatic nitrogens is 3. The molecule has 126 valence electrons. The van der Waals surface area contributed by atoms with E-state index in [1.54, 1.807) is 24.8 Å². The van der Waals surface area contributed by atoms with E-state index in [-0.39, 0.29) is 5.91 Å². The SMILES string of the molecule is CNc1nccnc1C[C@@H]1CCCN(C(=O)c2cncc(C)c2)C1. The third-order valence-corrected chi connectivity index (χ3v) is 4.42. The zero-order valence-corrected chi connectivity index (χ0v) is 14.2. The number of carbonyl (C=O) groups excluding carboxylic acids is 1. The van der Waals surface area contributed by atoms with E-state index in [1.165, 1.54) is 0 Å². The van der Waals surface area contributed by atoms with Crippen LogP contribution in [0.3, 0.4) is 0 Å². The van der Waals surface area contributed by atoms with Gasteiger partial charge in [-0.1, -0.05) is 0 Å². The number of likely N-dealkylation sites (tertiary alicyclic amines) is 1. The molecule has 1 saturated heterocycles. The van der Waals surface area contributed by atoms with Crippen molar-refractivity contribution in [1.82, 2.24) is 19.9 Å². The van der Waals surface area contributed by atoms with Gasteiger partial charge in [0, 0.05) is 44.9 Å². The summed E-state index contributed by atoms with van der Waals surface area (Å²) in [5.41, 5.74) is 2.65. The molecule has 0 aliphatic carbocycles. The number of carbonyl (C=O) groups is 1. The van der Waals surface area contributed by atoms with Crippen LogP contribution in [0, 0.1) is 12.8 Å². The molecule has 0 bridgehead atoms. The highest BCUT2D eigenvalue weighted by Crippen LogP contribution is 2.23. The lowest BCUT2D eigenvalue weighted by Gasteiger charge is -2.33. The Morgan fingerprint density at radius 2 is 2.17 bits per heavy atom. The van der Waals surface area contributed by atoms with Crippen LogP contribution in [0.4, 0.5) is 5.82 Å². The largest absolute Gasteiger partial charge is 0.372 e. The summed E-state index contributed by atoms with van der Waals surface area (Å²) in [4.78, 5) is 27.6. The van der Waals surface area contributed by atoms with Crippen molar-refractivity contribution in [3.63, 3.8) is 0 Å². The number of amides is 1. The molecule has 0 saturated carbocycles. The summed E-state index contributed by atoms with van der Waals surface area (Å²) in [6, 6.07) is 1.90. The Morgan fingerprint density at radius 3 is 2.96 bits per heavy atom. The van der Waals surface area contributed by atoms with E-state index in [9.17, 15) is 4.79 Å². The number of pyridine rings is 1. The van der Waals surface area contributed by atoms with E-state index in [0.29, 0.717) is 11.5 Å². The van der Waals surface area contributed by atoms with Crippen molar-refractivity contribution in [2.45, 2.75) is 26.2 Å². The average Bonchev–Trinajstić information content (AvgIpc) is 2.62. The number of hydrogen-bond acceptors (Lipinski definition) is 5. The fourth-order valence-electron chi connectivity index (χ4n) is 3.27. The molecule has 6 heteroatoms. The van der Waals surface area contributed by atoms with Crippen molar-refractivity contribution in [1.29, 1.82) is 0 Å². The van der Waals surface area contributed by atoms with Crippen molar-refractivity contribution < 1.29 is 4.79 Å².